The highest BCUT2D eigenvalue weighted by Crippen LogP contribution is 2.29. The number of aromatic carboxylic acids is 1. The van der Waals surface area contributed by atoms with Crippen molar-refractivity contribution in [2.24, 2.45) is 0 Å². The van der Waals surface area contributed by atoms with Crippen molar-refractivity contribution in [1.82, 2.24) is 19.1 Å². The first-order chi connectivity index (χ1) is 16.6. The van der Waals surface area contributed by atoms with Crippen molar-refractivity contribution in [3.8, 4) is 5.75 Å². The van der Waals surface area contributed by atoms with Gasteiger partial charge in [-0.15, -0.1) is 0 Å². The average molecular weight is 483 g/mol. The SMILES string of the molecule is COc1ccc(Cn2c(=O)cc(C3CCN(C(=O)OC(C)(C)C)CC3)n3ncc(C(=O)O)c23)cc1. The Balaban J connectivity index is 1.65. The minimum atomic E-state index is -1.15. The quantitative estimate of drug-likeness (QED) is 0.593. The summed E-state index contributed by atoms with van der Waals surface area (Å²) >= 11 is 0. The van der Waals surface area contributed by atoms with Crippen molar-refractivity contribution >= 4 is 17.7 Å². The maximum absolute atomic E-state index is 13.2. The number of carboxylic acid groups (broad SMARTS) is 1. The summed E-state index contributed by atoms with van der Waals surface area (Å²) in [5.41, 5.74) is 0.796. The Hall–Kier alpha value is -3.82. The number of likely N-dealkylation sites (tertiary alicyclic amines) is 1. The topological polar surface area (TPSA) is 115 Å². The van der Waals surface area contributed by atoms with Gasteiger partial charge in [0.15, 0.2) is 5.65 Å². The zero-order chi connectivity index (χ0) is 25.3. The third-order valence-electron chi connectivity index (χ3n) is 6.08. The van der Waals surface area contributed by atoms with E-state index >= 15 is 0 Å². The van der Waals surface area contributed by atoms with Crippen molar-refractivity contribution < 1.29 is 24.2 Å². The molecule has 1 amide bonds. The van der Waals surface area contributed by atoms with Crippen LogP contribution in [-0.4, -0.2) is 62.1 Å². The van der Waals surface area contributed by atoms with Crippen LogP contribution in [0.5, 0.6) is 5.75 Å². The zero-order valence-electron chi connectivity index (χ0n) is 20.4. The van der Waals surface area contributed by atoms with Crippen LogP contribution in [-0.2, 0) is 11.3 Å². The van der Waals surface area contributed by atoms with E-state index in [0.29, 0.717) is 37.4 Å². The van der Waals surface area contributed by atoms with Crippen LogP contribution in [0.25, 0.3) is 5.65 Å². The predicted molar refractivity (Wildman–Crippen MR) is 128 cm³/mol. The standard InChI is InChI=1S/C25H30N4O6/c1-25(2,3)35-24(33)27-11-9-17(10-12-27)20-13-21(30)28(15-16-5-7-18(34-4)8-6-16)22-19(23(31)32)14-26-29(20)22/h5-8,13-14,17H,9-12,15H2,1-4H3,(H,31,32). The number of nitrogens with zero attached hydrogens (tertiary/aromatic N) is 4. The van der Waals surface area contributed by atoms with Gasteiger partial charge in [-0.05, 0) is 51.3 Å². The number of carbonyl (C=O) groups excluding carboxylic acids is 1. The van der Waals surface area contributed by atoms with Crippen molar-refractivity contribution in [3.63, 3.8) is 0 Å². The fraction of sp³-hybridized carbons (Fsp3) is 0.440. The van der Waals surface area contributed by atoms with E-state index in [9.17, 15) is 19.5 Å². The molecule has 10 nitrogen and oxygen atoms in total. The molecule has 0 saturated carbocycles. The second kappa shape index (κ2) is 9.44. The molecule has 1 saturated heterocycles. The number of aromatic nitrogens is 3. The molecule has 0 spiro atoms. The number of methoxy groups -OCH3 is 1. The molecule has 1 aromatic carbocycles. The third-order valence-corrected chi connectivity index (χ3v) is 6.08. The van der Waals surface area contributed by atoms with Crippen LogP contribution in [0, 0.1) is 0 Å². The molecule has 3 aromatic rings. The minimum Gasteiger partial charge on any atom is -0.497 e. The molecule has 3 heterocycles. The van der Waals surface area contributed by atoms with Crippen LogP contribution < -0.4 is 10.3 Å². The molecule has 4 rings (SSSR count). The Morgan fingerprint density at radius 1 is 1.14 bits per heavy atom. The molecular weight excluding hydrogens is 452 g/mol. The number of amides is 1. The van der Waals surface area contributed by atoms with Gasteiger partial charge in [0.05, 0.1) is 25.5 Å². The molecule has 1 aliphatic rings. The number of hydrogen-bond donors (Lipinski definition) is 1. The number of carbonyl (C=O) groups is 2. The fourth-order valence-electron chi connectivity index (χ4n) is 4.35. The van der Waals surface area contributed by atoms with Crippen molar-refractivity contribution in [1.29, 1.82) is 0 Å². The van der Waals surface area contributed by atoms with E-state index in [2.05, 4.69) is 5.10 Å². The molecule has 1 N–H and O–H groups in total. The van der Waals surface area contributed by atoms with Gasteiger partial charge in [0.1, 0.15) is 16.9 Å². The summed E-state index contributed by atoms with van der Waals surface area (Å²) in [7, 11) is 1.57. The largest absolute Gasteiger partial charge is 0.497 e. The van der Waals surface area contributed by atoms with Crippen LogP contribution in [0.4, 0.5) is 4.79 Å². The first kappa shape index (κ1) is 24.3. The monoisotopic (exact) mass is 482 g/mol. The molecule has 35 heavy (non-hydrogen) atoms. The summed E-state index contributed by atoms with van der Waals surface area (Å²) in [6, 6.07) is 8.78. The number of rotatable bonds is 5. The Morgan fingerprint density at radius 3 is 2.37 bits per heavy atom. The Bertz CT molecular complexity index is 1290. The molecule has 0 unspecified atom stereocenters. The molecule has 10 heteroatoms. The summed E-state index contributed by atoms with van der Waals surface area (Å²) in [4.78, 5) is 39.3. The number of hydrogen-bond acceptors (Lipinski definition) is 6. The second-order valence-electron chi connectivity index (χ2n) is 9.68. The van der Waals surface area contributed by atoms with Crippen LogP contribution in [0.3, 0.4) is 0 Å². The highest BCUT2D eigenvalue weighted by atomic mass is 16.6. The van der Waals surface area contributed by atoms with Gasteiger partial charge >= 0.3 is 12.1 Å². The van der Waals surface area contributed by atoms with Crippen LogP contribution in [0.15, 0.2) is 41.3 Å². The van der Waals surface area contributed by atoms with Crippen LogP contribution in [0.2, 0.25) is 0 Å². The summed E-state index contributed by atoms with van der Waals surface area (Å²) in [5.74, 6) is -0.518. The molecule has 0 aliphatic carbocycles. The predicted octanol–water partition coefficient (Wildman–Crippen LogP) is 3.37. The minimum absolute atomic E-state index is 0.0383. The van der Waals surface area contributed by atoms with E-state index < -0.39 is 11.6 Å². The average Bonchev–Trinajstić information content (AvgIpc) is 3.26. The van der Waals surface area contributed by atoms with Gasteiger partial charge in [-0.25, -0.2) is 14.1 Å². The van der Waals surface area contributed by atoms with E-state index in [0.717, 1.165) is 5.56 Å². The molecule has 1 fully saturated rings. The second-order valence-corrected chi connectivity index (χ2v) is 9.68. The lowest BCUT2D eigenvalue weighted by molar-refractivity contribution is 0.0203. The molecule has 1 aliphatic heterocycles. The number of fused-ring (bicyclic) bond motifs is 1. The van der Waals surface area contributed by atoms with Crippen molar-refractivity contribution in [3.05, 3.63) is 63.7 Å². The van der Waals surface area contributed by atoms with E-state index in [1.165, 1.54) is 16.8 Å². The summed E-state index contributed by atoms with van der Waals surface area (Å²) in [6.45, 7) is 6.62. The normalized spacial score (nSPS) is 14.8. The van der Waals surface area contributed by atoms with Gasteiger partial charge in [-0.2, -0.15) is 5.10 Å². The zero-order valence-corrected chi connectivity index (χ0v) is 20.4. The highest BCUT2D eigenvalue weighted by Gasteiger charge is 2.30. The lowest BCUT2D eigenvalue weighted by Gasteiger charge is -2.33. The van der Waals surface area contributed by atoms with E-state index in [1.807, 2.05) is 32.9 Å². The van der Waals surface area contributed by atoms with Gasteiger partial charge in [-0.1, -0.05) is 12.1 Å². The lowest BCUT2D eigenvalue weighted by atomic mass is 9.93. The Kier molecular flexibility index (Phi) is 6.56. The Morgan fingerprint density at radius 2 is 1.80 bits per heavy atom. The molecular formula is C25H30N4O6. The number of benzene rings is 1. The van der Waals surface area contributed by atoms with Gasteiger partial charge < -0.3 is 19.5 Å². The highest BCUT2D eigenvalue weighted by molar-refractivity contribution is 5.94. The van der Waals surface area contributed by atoms with Crippen LogP contribution in [0.1, 0.15) is 61.1 Å². The maximum atomic E-state index is 13.2. The molecule has 0 bridgehead atoms. The molecule has 186 valence electrons. The van der Waals surface area contributed by atoms with Crippen LogP contribution >= 0.6 is 0 Å². The summed E-state index contributed by atoms with van der Waals surface area (Å²) < 4.78 is 13.6. The number of ether oxygens (including phenoxy) is 2. The first-order valence-electron chi connectivity index (χ1n) is 11.5. The van der Waals surface area contributed by atoms with E-state index in [1.54, 1.807) is 28.7 Å². The number of carboxylic acids is 1. The first-order valence-corrected chi connectivity index (χ1v) is 11.5. The third kappa shape index (κ3) is 5.16. The van der Waals surface area contributed by atoms with Crippen molar-refractivity contribution in [2.75, 3.05) is 20.2 Å². The van der Waals surface area contributed by atoms with E-state index in [-0.39, 0.29) is 35.3 Å². The molecule has 0 atom stereocenters. The molecule has 2 aromatic heterocycles. The van der Waals surface area contributed by atoms with E-state index in [4.69, 9.17) is 9.47 Å². The molecule has 0 radical (unpaired) electrons. The Labute approximate surface area is 202 Å². The smallest absolute Gasteiger partial charge is 0.410 e. The van der Waals surface area contributed by atoms with Gasteiger partial charge in [-0.3, -0.25) is 9.36 Å². The summed E-state index contributed by atoms with van der Waals surface area (Å²) in [5, 5.41) is 14.1. The van der Waals surface area contributed by atoms with Gasteiger partial charge in [0.25, 0.3) is 5.56 Å². The lowest BCUT2D eigenvalue weighted by Crippen LogP contribution is -2.41. The fourth-order valence-corrected chi connectivity index (χ4v) is 4.35. The van der Waals surface area contributed by atoms with Gasteiger partial charge in [0.2, 0.25) is 0 Å². The maximum Gasteiger partial charge on any atom is 0.410 e. The van der Waals surface area contributed by atoms with Gasteiger partial charge in [0, 0.05) is 25.1 Å². The number of piperidine rings is 1. The summed E-state index contributed by atoms with van der Waals surface area (Å²) in [6.07, 6.45) is 2.14. The van der Waals surface area contributed by atoms with Crippen molar-refractivity contribution in [2.45, 2.75) is 51.7 Å².